The molecule has 3 rings (SSSR count). The van der Waals surface area contributed by atoms with E-state index in [1.807, 2.05) is 18.2 Å². The fourth-order valence-electron chi connectivity index (χ4n) is 3.19. The number of sulfonamides is 1. The van der Waals surface area contributed by atoms with Gasteiger partial charge in [-0.3, -0.25) is 4.79 Å². The average molecular weight is 453 g/mol. The van der Waals surface area contributed by atoms with Crippen LogP contribution in [0.1, 0.15) is 36.4 Å². The summed E-state index contributed by atoms with van der Waals surface area (Å²) in [5.41, 5.74) is 8.05. The normalized spacial score (nSPS) is 16.6. The van der Waals surface area contributed by atoms with E-state index < -0.39 is 10.0 Å². The van der Waals surface area contributed by atoms with E-state index in [0.29, 0.717) is 4.47 Å². The van der Waals surface area contributed by atoms with E-state index in [-0.39, 0.29) is 35.6 Å². The summed E-state index contributed by atoms with van der Waals surface area (Å²) < 4.78 is 27.6. The molecule has 2 aromatic rings. The van der Waals surface area contributed by atoms with Gasteiger partial charge >= 0.3 is 0 Å². The molecule has 1 heterocycles. The number of halogens is 1. The highest BCUT2D eigenvalue weighted by Crippen LogP contribution is 2.29. The molecule has 0 saturated carbocycles. The highest BCUT2D eigenvalue weighted by atomic mass is 79.9. The first-order valence-corrected chi connectivity index (χ1v) is 10.9. The van der Waals surface area contributed by atoms with E-state index in [9.17, 15) is 13.2 Å². The Hall–Kier alpha value is -1.97. The van der Waals surface area contributed by atoms with Crippen molar-refractivity contribution in [3.63, 3.8) is 0 Å². The number of aryl methyl sites for hydroxylation is 1. The minimum absolute atomic E-state index is 0.0194. The molecule has 1 amide bonds. The largest absolute Gasteiger partial charge is 0.383 e. The van der Waals surface area contributed by atoms with Crippen LogP contribution in [-0.2, 0) is 21.2 Å². The number of nitrogens with zero attached hydrogens (tertiary/aromatic N) is 1. The number of amides is 1. The SMILES string of the molecule is Nc1ncc(Br)cc1S(=O)(=O)NCCC(=O)NC1CCCc2ccccc21. The number of anilines is 1. The minimum Gasteiger partial charge on any atom is -0.383 e. The molecule has 0 bridgehead atoms. The molecule has 4 N–H and O–H groups in total. The van der Waals surface area contributed by atoms with Gasteiger partial charge in [-0.2, -0.15) is 0 Å². The zero-order valence-electron chi connectivity index (χ0n) is 14.6. The summed E-state index contributed by atoms with van der Waals surface area (Å²) in [4.78, 5) is 16.0. The lowest BCUT2D eigenvalue weighted by Crippen LogP contribution is -2.34. The molecule has 9 heteroatoms. The topological polar surface area (TPSA) is 114 Å². The first kappa shape index (κ1) is 19.8. The lowest BCUT2D eigenvalue weighted by atomic mass is 9.88. The van der Waals surface area contributed by atoms with E-state index in [1.165, 1.54) is 17.8 Å². The summed E-state index contributed by atoms with van der Waals surface area (Å²) in [6.07, 6.45) is 4.38. The molecule has 144 valence electrons. The van der Waals surface area contributed by atoms with Gasteiger partial charge in [0.2, 0.25) is 15.9 Å². The molecule has 0 aliphatic heterocycles. The van der Waals surface area contributed by atoms with Crippen LogP contribution in [0, 0.1) is 0 Å². The van der Waals surface area contributed by atoms with Gasteiger partial charge in [0.25, 0.3) is 0 Å². The van der Waals surface area contributed by atoms with Gasteiger partial charge in [0, 0.05) is 23.6 Å². The number of aromatic nitrogens is 1. The van der Waals surface area contributed by atoms with Crippen LogP contribution in [0.3, 0.4) is 0 Å². The van der Waals surface area contributed by atoms with Crippen molar-refractivity contribution in [2.45, 2.75) is 36.6 Å². The monoisotopic (exact) mass is 452 g/mol. The Kier molecular flexibility index (Phi) is 6.13. The zero-order chi connectivity index (χ0) is 19.4. The first-order valence-electron chi connectivity index (χ1n) is 8.64. The van der Waals surface area contributed by atoms with Crippen LogP contribution in [0.5, 0.6) is 0 Å². The van der Waals surface area contributed by atoms with Gasteiger partial charge in [-0.15, -0.1) is 0 Å². The highest BCUT2D eigenvalue weighted by molar-refractivity contribution is 9.10. The Morgan fingerprint density at radius 3 is 2.93 bits per heavy atom. The summed E-state index contributed by atoms with van der Waals surface area (Å²) in [5, 5.41) is 3.00. The van der Waals surface area contributed by atoms with Crippen LogP contribution < -0.4 is 15.8 Å². The van der Waals surface area contributed by atoms with Crippen LogP contribution in [-0.4, -0.2) is 25.9 Å². The first-order chi connectivity index (χ1) is 12.9. The number of hydrogen-bond acceptors (Lipinski definition) is 5. The van der Waals surface area contributed by atoms with E-state index >= 15 is 0 Å². The Morgan fingerprint density at radius 2 is 2.11 bits per heavy atom. The van der Waals surface area contributed by atoms with E-state index in [1.54, 1.807) is 0 Å². The van der Waals surface area contributed by atoms with Crippen molar-refractivity contribution in [1.82, 2.24) is 15.0 Å². The van der Waals surface area contributed by atoms with Crippen LogP contribution >= 0.6 is 15.9 Å². The number of fused-ring (bicyclic) bond motifs is 1. The number of nitrogen functional groups attached to an aromatic ring is 1. The maximum absolute atomic E-state index is 12.4. The molecular weight excluding hydrogens is 432 g/mol. The number of carbonyl (C=O) groups is 1. The van der Waals surface area contributed by atoms with Crippen LogP contribution in [0.2, 0.25) is 0 Å². The maximum Gasteiger partial charge on any atom is 0.244 e. The Balaban J connectivity index is 1.57. The summed E-state index contributed by atoms with van der Waals surface area (Å²) in [5.74, 6) is -0.284. The van der Waals surface area contributed by atoms with Crippen molar-refractivity contribution < 1.29 is 13.2 Å². The molecule has 1 aromatic heterocycles. The van der Waals surface area contributed by atoms with E-state index in [4.69, 9.17) is 5.73 Å². The maximum atomic E-state index is 12.4. The molecule has 0 saturated heterocycles. The van der Waals surface area contributed by atoms with Crippen LogP contribution in [0.25, 0.3) is 0 Å². The lowest BCUT2D eigenvalue weighted by Gasteiger charge is -2.26. The third-order valence-electron chi connectivity index (χ3n) is 4.49. The molecular formula is C18H21BrN4O3S. The standard InChI is InChI=1S/C18H21BrN4O3S/c19-13-10-16(18(20)21-11-13)27(25,26)22-9-8-17(24)23-15-7-3-5-12-4-1-2-6-14(12)15/h1-2,4,6,10-11,15,22H,3,5,7-9H2,(H2,20,21)(H,23,24). The third kappa shape index (κ3) is 4.85. The Bertz CT molecular complexity index is 949. The third-order valence-corrected chi connectivity index (χ3v) is 6.41. The van der Waals surface area contributed by atoms with Gasteiger partial charge in [0.05, 0.1) is 6.04 Å². The average Bonchev–Trinajstić information content (AvgIpc) is 2.64. The van der Waals surface area contributed by atoms with Gasteiger partial charge in [0.15, 0.2) is 0 Å². The molecule has 7 nitrogen and oxygen atoms in total. The number of rotatable bonds is 6. The molecule has 27 heavy (non-hydrogen) atoms. The molecule has 1 aliphatic carbocycles. The minimum atomic E-state index is -3.84. The van der Waals surface area contributed by atoms with Gasteiger partial charge in [-0.1, -0.05) is 24.3 Å². The summed E-state index contributed by atoms with van der Waals surface area (Å²) in [6, 6.07) is 9.44. The van der Waals surface area contributed by atoms with Crippen molar-refractivity contribution in [3.8, 4) is 0 Å². The lowest BCUT2D eigenvalue weighted by molar-refractivity contribution is -0.121. The second-order valence-electron chi connectivity index (χ2n) is 6.40. The molecule has 1 aliphatic rings. The molecule has 0 radical (unpaired) electrons. The van der Waals surface area contributed by atoms with Crippen LogP contribution in [0.15, 0.2) is 45.9 Å². The van der Waals surface area contributed by atoms with Crippen molar-refractivity contribution in [2.75, 3.05) is 12.3 Å². The number of pyridine rings is 1. The quantitative estimate of drug-likeness (QED) is 0.621. The van der Waals surface area contributed by atoms with Crippen molar-refractivity contribution in [3.05, 3.63) is 52.1 Å². The van der Waals surface area contributed by atoms with Crippen LogP contribution in [0.4, 0.5) is 5.82 Å². The Labute approximate surface area is 166 Å². The molecule has 0 fully saturated rings. The fraction of sp³-hybridized carbons (Fsp3) is 0.333. The summed E-state index contributed by atoms with van der Waals surface area (Å²) >= 11 is 3.17. The number of carbonyl (C=O) groups excluding carboxylic acids is 1. The summed E-state index contributed by atoms with van der Waals surface area (Å²) in [6.45, 7) is -0.0194. The second kappa shape index (κ2) is 8.37. The van der Waals surface area contributed by atoms with Gasteiger partial charge < -0.3 is 11.1 Å². The number of nitrogens with one attached hydrogen (secondary N) is 2. The van der Waals surface area contributed by atoms with Crippen molar-refractivity contribution >= 4 is 37.7 Å². The van der Waals surface area contributed by atoms with Gasteiger partial charge in [-0.25, -0.2) is 18.1 Å². The smallest absolute Gasteiger partial charge is 0.244 e. The fourth-order valence-corrected chi connectivity index (χ4v) is 4.81. The zero-order valence-corrected chi connectivity index (χ0v) is 17.0. The predicted octanol–water partition coefficient (Wildman–Crippen LogP) is 2.29. The molecule has 1 aromatic carbocycles. The summed E-state index contributed by atoms with van der Waals surface area (Å²) in [7, 11) is -3.84. The number of nitrogens with two attached hydrogens (primary N) is 1. The predicted molar refractivity (Wildman–Crippen MR) is 106 cm³/mol. The molecule has 0 spiro atoms. The van der Waals surface area contributed by atoms with E-state index in [2.05, 4.69) is 37.0 Å². The van der Waals surface area contributed by atoms with Crippen molar-refractivity contribution in [1.29, 1.82) is 0 Å². The molecule has 1 unspecified atom stereocenters. The second-order valence-corrected chi connectivity index (χ2v) is 9.05. The molecule has 1 atom stereocenters. The van der Waals surface area contributed by atoms with Gasteiger partial charge in [-0.05, 0) is 52.4 Å². The number of hydrogen-bond donors (Lipinski definition) is 3. The van der Waals surface area contributed by atoms with Gasteiger partial charge in [0.1, 0.15) is 10.7 Å². The van der Waals surface area contributed by atoms with Crippen molar-refractivity contribution in [2.24, 2.45) is 0 Å². The van der Waals surface area contributed by atoms with E-state index in [0.717, 1.165) is 24.8 Å². The highest BCUT2D eigenvalue weighted by Gasteiger charge is 2.22. The number of benzene rings is 1. The Morgan fingerprint density at radius 1 is 1.33 bits per heavy atom.